The van der Waals surface area contributed by atoms with Gasteiger partial charge in [-0.05, 0) is 12.1 Å². The van der Waals surface area contributed by atoms with Crippen molar-refractivity contribution in [2.45, 2.75) is 0 Å². The molecule has 0 saturated carbocycles. The molecular formula is C8H9Cl2N3. The zero-order valence-corrected chi connectivity index (χ0v) is 8.31. The zero-order chi connectivity index (χ0) is 7.52. The fraction of sp³-hybridized carbons (Fsp3) is 0. The molecular weight excluding hydrogens is 209 g/mol. The minimum absolute atomic E-state index is 0. The molecule has 0 aliphatic carbocycles. The number of halogens is 2. The molecule has 0 aliphatic rings. The molecule has 0 atom stereocenters. The smallest absolute Gasteiger partial charge is 0.0924 e. The second-order valence-electron chi connectivity index (χ2n) is 2.21. The van der Waals surface area contributed by atoms with Crippen molar-refractivity contribution in [3.8, 4) is 11.3 Å². The van der Waals surface area contributed by atoms with Crippen molar-refractivity contribution in [2.24, 2.45) is 0 Å². The lowest BCUT2D eigenvalue weighted by Crippen LogP contribution is -1.76. The van der Waals surface area contributed by atoms with Crippen molar-refractivity contribution in [3.05, 3.63) is 37.1 Å². The Hall–Kier alpha value is -1.06. The standard InChI is InChI=1S/C8H7N3.2ClH/c1-2-7(4-9-3-1)8-5-10-6-11-8;;/h1-6H,(H,10,11);2*1H. The van der Waals surface area contributed by atoms with Crippen molar-refractivity contribution < 1.29 is 0 Å². The van der Waals surface area contributed by atoms with E-state index in [9.17, 15) is 0 Å². The first-order valence-corrected chi connectivity index (χ1v) is 3.35. The van der Waals surface area contributed by atoms with E-state index in [2.05, 4.69) is 15.0 Å². The number of hydrogen-bond donors (Lipinski definition) is 1. The first-order chi connectivity index (χ1) is 5.47. The van der Waals surface area contributed by atoms with E-state index in [-0.39, 0.29) is 24.8 Å². The molecule has 0 aromatic carbocycles. The Morgan fingerprint density at radius 3 is 2.46 bits per heavy atom. The highest BCUT2D eigenvalue weighted by atomic mass is 35.5. The van der Waals surface area contributed by atoms with E-state index >= 15 is 0 Å². The first kappa shape index (κ1) is 11.9. The van der Waals surface area contributed by atoms with E-state index < -0.39 is 0 Å². The van der Waals surface area contributed by atoms with Gasteiger partial charge in [0.25, 0.3) is 0 Å². The van der Waals surface area contributed by atoms with Crippen LogP contribution in [0.1, 0.15) is 0 Å². The van der Waals surface area contributed by atoms with Crippen LogP contribution >= 0.6 is 24.8 Å². The minimum Gasteiger partial charge on any atom is -0.345 e. The molecule has 1 N–H and O–H groups in total. The van der Waals surface area contributed by atoms with Crippen molar-refractivity contribution in [1.82, 2.24) is 15.0 Å². The number of rotatable bonds is 1. The van der Waals surface area contributed by atoms with E-state index in [1.807, 2.05) is 12.1 Å². The summed E-state index contributed by atoms with van der Waals surface area (Å²) < 4.78 is 0. The Balaban J connectivity index is 0.000000720. The van der Waals surface area contributed by atoms with Gasteiger partial charge in [0, 0.05) is 18.0 Å². The predicted molar refractivity (Wildman–Crippen MR) is 56.3 cm³/mol. The number of nitrogens with zero attached hydrogens (tertiary/aromatic N) is 2. The molecule has 0 saturated heterocycles. The molecule has 0 bridgehead atoms. The molecule has 13 heavy (non-hydrogen) atoms. The average Bonchev–Trinajstić information content (AvgIpc) is 2.58. The van der Waals surface area contributed by atoms with E-state index in [0.29, 0.717) is 0 Å². The summed E-state index contributed by atoms with van der Waals surface area (Å²) in [5.41, 5.74) is 2.06. The summed E-state index contributed by atoms with van der Waals surface area (Å²) in [5, 5.41) is 0. The van der Waals surface area contributed by atoms with E-state index in [0.717, 1.165) is 11.3 Å². The molecule has 0 radical (unpaired) electrons. The molecule has 0 fully saturated rings. The van der Waals surface area contributed by atoms with Crippen LogP contribution in [0.3, 0.4) is 0 Å². The number of H-pyrrole nitrogens is 1. The Morgan fingerprint density at radius 2 is 1.92 bits per heavy atom. The van der Waals surface area contributed by atoms with Crippen LogP contribution in [0.2, 0.25) is 0 Å². The van der Waals surface area contributed by atoms with Crippen molar-refractivity contribution in [2.75, 3.05) is 0 Å². The molecule has 5 heteroatoms. The fourth-order valence-electron chi connectivity index (χ4n) is 0.936. The third-order valence-electron chi connectivity index (χ3n) is 1.47. The highest BCUT2D eigenvalue weighted by molar-refractivity contribution is 5.85. The maximum atomic E-state index is 3.99. The normalized spacial score (nSPS) is 8.31. The summed E-state index contributed by atoms with van der Waals surface area (Å²) in [6, 6.07) is 3.89. The van der Waals surface area contributed by atoms with Crippen LogP contribution in [0.5, 0.6) is 0 Å². The number of aromatic amines is 1. The molecule has 0 aliphatic heterocycles. The average molecular weight is 218 g/mol. The summed E-state index contributed by atoms with van der Waals surface area (Å²) >= 11 is 0. The summed E-state index contributed by atoms with van der Waals surface area (Å²) in [6.45, 7) is 0. The van der Waals surface area contributed by atoms with Gasteiger partial charge >= 0.3 is 0 Å². The highest BCUT2D eigenvalue weighted by Crippen LogP contribution is 2.12. The van der Waals surface area contributed by atoms with Gasteiger partial charge in [0.2, 0.25) is 0 Å². The lowest BCUT2D eigenvalue weighted by atomic mass is 10.2. The number of hydrogen-bond acceptors (Lipinski definition) is 2. The van der Waals surface area contributed by atoms with Crippen molar-refractivity contribution in [3.63, 3.8) is 0 Å². The molecule has 70 valence electrons. The second kappa shape index (κ2) is 5.56. The summed E-state index contributed by atoms with van der Waals surface area (Å²) in [6.07, 6.45) is 6.98. The van der Waals surface area contributed by atoms with Gasteiger partial charge in [-0.1, -0.05) is 0 Å². The van der Waals surface area contributed by atoms with Gasteiger partial charge in [-0.25, -0.2) is 4.98 Å². The molecule has 0 unspecified atom stereocenters. The Kier molecular flexibility index (Phi) is 5.11. The molecule has 3 nitrogen and oxygen atoms in total. The molecule has 2 rings (SSSR count). The highest BCUT2D eigenvalue weighted by Gasteiger charge is 1.94. The van der Waals surface area contributed by atoms with Crippen LogP contribution in [0, 0.1) is 0 Å². The summed E-state index contributed by atoms with van der Waals surface area (Å²) in [4.78, 5) is 10.9. The summed E-state index contributed by atoms with van der Waals surface area (Å²) in [5.74, 6) is 0. The van der Waals surface area contributed by atoms with Crippen LogP contribution in [0.15, 0.2) is 37.1 Å². The van der Waals surface area contributed by atoms with Crippen LogP contribution in [0.4, 0.5) is 0 Å². The predicted octanol–water partition coefficient (Wildman–Crippen LogP) is 2.32. The number of imidazole rings is 1. The van der Waals surface area contributed by atoms with Crippen LogP contribution in [0.25, 0.3) is 11.3 Å². The van der Waals surface area contributed by atoms with Gasteiger partial charge in [-0.15, -0.1) is 24.8 Å². The van der Waals surface area contributed by atoms with Crippen LogP contribution in [-0.2, 0) is 0 Å². The molecule has 2 heterocycles. The topological polar surface area (TPSA) is 41.6 Å². The monoisotopic (exact) mass is 217 g/mol. The molecule has 2 aromatic heterocycles. The van der Waals surface area contributed by atoms with Gasteiger partial charge < -0.3 is 4.98 Å². The van der Waals surface area contributed by atoms with Gasteiger partial charge in [0.15, 0.2) is 0 Å². The van der Waals surface area contributed by atoms with Crippen LogP contribution < -0.4 is 0 Å². The lowest BCUT2D eigenvalue weighted by Gasteiger charge is -1.92. The van der Waals surface area contributed by atoms with Gasteiger partial charge in [-0.2, -0.15) is 0 Å². The van der Waals surface area contributed by atoms with Crippen molar-refractivity contribution >= 4 is 24.8 Å². The summed E-state index contributed by atoms with van der Waals surface area (Å²) in [7, 11) is 0. The van der Waals surface area contributed by atoms with E-state index in [1.165, 1.54) is 0 Å². The van der Waals surface area contributed by atoms with E-state index in [4.69, 9.17) is 0 Å². The fourth-order valence-corrected chi connectivity index (χ4v) is 0.936. The number of nitrogens with one attached hydrogen (secondary N) is 1. The van der Waals surface area contributed by atoms with Gasteiger partial charge in [0.1, 0.15) is 0 Å². The Labute approximate surface area is 88.4 Å². The Bertz CT molecular complexity index is 320. The molecule has 0 spiro atoms. The second-order valence-corrected chi connectivity index (χ2v) is 2.21. The largest absolute Gasteiger partial charge is 0.345 e. The maximum Gasteiger partial charge on any atom is 0.0924 e. The third kappa shape index (κ3) is 2.72. The SMILES string of the molecule is Cl.Cl.c1cncc(-c2cnc[nH]2)c1. The number of aromatic nitrogens is 3. The van der Waals surface area contributed by atoms with Gasteiger partial charge in [0.05, 0.1) is 18.2 Å². The lowest BCUT2D eigenvalue weighted by molar-refractivity contribution is 1.29. The maximum absolute atomic E-state index is 3.99. The molecule has 2 aromatic rings. The quantitative estimate of drug-likeness (QED) is 0.797. The zero-order valence-electron chi connectivity index (χ0n) is 6.68. The van der Waals surface area contributed by atoms with Crippen LogP contribution in [-0.4, -0.2) is 15.0 Å². The molecule has 0 amide bonds. The van der Waals surface area contributed by atoms with Gasteiger partial charge in [-0.3, -0.25) is 4.98 Å². The minimum atomic E-state index is 0. The van der Waals surface area contributed by atoms with E-state index in [1.54, 1.807) is 24.9 Å². The number of pyridine rings is 1. The third-order valence-corrected chi connectivity index (χ3v) is 1.47. The Morgan fingerprint density at radius 1 is 1.08 bits per heavy atom. The van der Waals surface area contributed by atoms with Crippen molar-refractivity contribution in [1.29, 1.82) is 0 Å². The first-order valence-electron chi connectivity index (χ1n) is 3.35.